The van der Waals surface area contributed by atoms with Crippen molar-refractivity contribution in [1.82, 2.24) is 10.3 Å². The third-order valence-corrected chi connectivity index (χ3v) is 4.90. The lowest BCUT2D eigenvalue weighted by Gasteiger charge is -2.11. The number of sulfone groups is 1. The smallest absolute Gasteiger partial charge is 0.263 e. The van der Waals surface area contributed by atoms with Crippen molar-refractivity contribution in [3.8, 4) is 10.6 Å². The summed E-state index contributed by atoms with van der Waals surface area (Å²) >= 11 is 1.06. The second-order valence-electron chi connectivity index (χ2n) is 4.98. The molecule has 0 spiro atoms. The van der Waals surface area contributed by atoms with Crippen molar-refractivity contribution in [3.05, 3.63) is 41.2 Å². The first-order valence-electron chi connectivity index (χ1n) is 6.45. The van der Waals surface area contributed by atoms with Crippen LogP contribution >= 0.6 is 11.3 Å². The number of thiazole rings is 1. The van der Waals surface area contributed by atoms with Crippen LogP contribution in [0.1, 0.15) is 16.6 Å². The van der Waals surface area contributed by atoms with Gasteiger partial charge in [0.05, 0.1) is 11.9 Å². The van der Waals surface area contributed by atoms with E-state index in [0.717, 1.165) is 17.6 Å². The minimum Gasteiger partial charge on any atom is -0.348 e. The molecule has 0 fully saturated rings. The van der Waals surface area contributed by atoms with E-state index in [0.29, 0.717) is 15.4 Å². The number of carbonyl (C=O) groups is 1. The molecule has 0 saturated heterocycles. The Morgan fingerprint density at radius 1 is 1.41 bits per heavy atom. The fourth-order valence-electron chi connectivity index (χ4n) is 1.93. The van der Waals surface area contributed by atoms with Gasteiger partial charge in [0.25, 0.3) is 5.91 Å². The van der Waals surface area contributed by atoms with Crippen molar-refractivity contribution in [2.45, 2.75) is 13.0 Å². The van der Waals surface area contributed by atoms with Gasteiger partial charge in [0.2, 0.25) is 0 Å². The van der Waals surface area contributed by atoms with Crippen LogP contribution in [0.4, 0.5) is 4.39 Å². The maximum atomic E-state index is 13.7. The lowest BCUT2D eigenvalue weighted by molar-refractivity contribution is 0.0947. The van der Waals surface area contributed by atoms with Gasteiger partial charge in [0, 0.05) is 17.9 Å². The Morgan fingerprint density at radius 2 is 2.09 bits per heavy atom. The molecule has 0 bridgehead atoms. The Hall–Kier alpha value is -1.80. The fraction of sp³-hybridized carbons (Fsp3) is 0.286. The van der Waals surface area contributed by atoms with Crippen LogP contribution in [0.3, 0.4) is 0 Å². The predicted octanol–water partition coefficient (Wildman–Crippen LogP) is 2.11. The number of aromatic nitrogens is 1. The first kappa shape index (κ1) is 16.6. The van der Waals surface area contributed by atoms with Crippen molar-refractivity contribution in [1.29, 1.82) is 0 Å². The Kier molecular flexibility index (Phi) is 4.92. The molecule has 0 saturated carbocycles. The van der Waals surface area contributed by atoms with Crippen LogP contribution in [-0.2, 0) is 9.84 Å². The van der Waals surface area contributed by atoms with Gasteiger partial charge in [-0.15, -0.1) is 11.3 Å². The van der Waals surface area contributed by atoms with E-state index in [2.05, 4.69) is 10.3 Å². The molecule has 1 aromatic carbocycles. The number of hydrogen-bond acceptors (Lipinski definition) is 5. The molecule has 0 aliphatic carbocycles. The zero-order valence-electron chi connectivity index (χ0n) is 12.0. The highest BCUT2D eigenvalue weighted by molar-refractivity contribution is 7.90. The topological polar surface area (TPSA) is 76.1 Å². The molecule has 0 aliphatic rings. The van der Waals surface area contributed by atoms with Crippen molar-refractivity contribution in [2.75, 3.05) is 12.0 Å². The van der Waals surface area contributed by atoms with Gasteiger partial charge in [0.15, 0.2) is 0 Å². The number of amides is 1. The number of hydrogen-bond donors (Lipinski definition) is 1. The number of benzene rings is 1. The van der Waals surface area contributed by atoms with Crippen molar-refractivity contribution < 1.29 is 17.6 Å². The molecule has 1 aromatic heterocycles. The summed E-state index contributed by atoms with van der Waals surface area (Å²) < 4.78 is 36.0. The standard InChI is InChI=1S/C14H15FN2O3S2/c1-9(8-22(2,19)20)17-13(18)12-7-16-14(21-12)10-5-3-4-6-11(10)15/h3-7,9H,8H2,1-2H3,(H,17,18)/t9-/m0/s1. The maximum Gasteiger partial charge on any atom is 0.263 e. The molecule has 0 radical (unpaired) electrons. The maximum absolute atomic E-state index is 13.7. The molecule has 22 heavy (non-hydrogen) atoms. The van der Waals surface area contributed by atoms with Crippen LogP contribution < -0.4 is 5.32 Å². The van der Waals surface area contributed by atoms with Crippen LogP contribution in [0.25, 0.3) is 10.6 Å². The summed E-state index contributed by atoms with van der Waals surface area (Å²) in [5, 5.41) is 2.99. The molecule has 1 atom stereocenters. The van der Waals surface area contributed by atoms with Gasteiger partial charge in [-0.05, 0) is 19.1 Å². The Morgan fingerprint density at radius 3 is 2.73 bits per heavy atom. The molecule has 2 aromatic rings. The summed E-state index contributed by atoms with van der Waals surface area (Å²) in [7, 11) is -3.17. The lowest BCUT2D eigenvalue weighted by Crippen LogP contribution is -2.36. The van der Waals surface area contributed by atoms with E-state index < -0.39 is 27.6 Å². The van der Waals surface area contributed by atoms with Crippen LogP contribution in [-0.4, -0.2) is 37.4 Å². The zero-order valence-corrected chi connectivity index (χ0v) is 13.7. The Labute approximate surface area is 132 Å². The molecule has 5 nitrogen and oxygen atoms in total. The number of halogens is 1. The molecule has 8 heteroatoms. The summed E-state index contributed by atoms with van der Waals surface area (Å²) in [5.74, 6) is -0.969. The summed E-state index contributed by atoms with van der Waals surface area (Å²) in [6.07, 6.45) is 2.47. The highest BCUT2D eigenvalue weighted by Gasteiger charge is 2.17. The molecule has 0 aliphatic heterocycles. The van der Waals surface area contributed by atoms with Crippen molar-refractivity contribution >= 4 is 27.1 Å². The molecule has 118 valence electrons. The second kappa shape index (κ2) is 6.53. The van der Waals surface area contributed by atoms with Gasteiger partial charge in [-0.1, -0.05) is 12.1 Å². The third kappa shape index (κ3) is 4.35. The molecule has 0 unspecified atom stereocenters. The molecule has 1 amide bonds. The van der Waals surface area contributed by atoms with Crippen LogP contribution in [0.2, 0.25) is 0 Å². The Balaban J connectivity index is 2.11. The first-order valence-corrected chi connectivity index (χ1v) is 9.33. The Bertz CT molecular complexity index is 787. The number of rotatable bonds is 5. The van der Waals surface area contributed by atoms with Crippen LogP contribution in [0, 0.1) is 5.82 Å². The number of carbonyl (C=O) groups excluding carboxylic acids is 1. The van der Waals surface area contributed by atoms with Gasteiger partial charge in [-0.25, -0.2) is 17.8 Å². The quantitative estimate of drug-likeness (QED) is 0.903. The van der Waals surface area contributed by atoms with Crippen molar-refractivity contribution in [3.63, 3.8) is 0 Å². The molecular weight excluding hydrogens is 327 g/mol. The van der Waals surface area contributed by atoms with E-state index in [-0.39, 0.29) is 5.75 Å². The average Bonchev–Trinajstić information content (AvgIpc) is 2.86. The molecule has 1 N–H and O–H groups in total. The van der Waals surface area contributed by atoms with E-state index in [1.54, 1.807) is 25.1 Å². The predicted molar refractivity (Wildman–Crippen MR) is 84.1 cm³/mol. The number of nitrogens with one attached hydrogen (secondary N) is 1. The minimum absolute atomic E-state index is 0.141. The van der Waals surface area contributed by atoms with Gasteiger partial charge in [-0.2, -0.15) is 0 Å². The zero-order chi connectivity index (χ0) is 16.3. The summed E-state index contributed by atoms with van der Waals surface area (Å²) in [6, 6.07) is 5.66. The molecular formula is C14H15FN2O3S2. The highest BCUT2D eigenvalue weighted by Crippen LogP contribution is 2.27. The molecule has 2 rings (SSSR count). The van der Waals surface area contributed by atoms with Gasteiger partial charge in [0.1, 0.15) is 25.5 Å². The first-order chi connectivity index (χ1) is 10.3. The summed E-state index contributed by atoms with van der Waals surface area (Å²) in [5.41, 5.74) is 0.329. The normalized spacial score (nSPS) is 12.9. The highest BCUT2D eigenvalue weighted by atomic mass is 32.2. The third-order valence-electron chi connectivity index (χ3n) is 2.76. The van der Waals surface area contributed by atoms with Crippen LogP contribution in [0.15, 0.2) is 30.5 Å². The van der Waals surface area contributed by atoms with E-state index in [1.807, 2.05) is 0 Å². The van der Waals surface area contributed by atoms with Gasteiger partial charge >= 0.3 is 0 Å². The van der Waals surface area contributed by atoms with E-state index in [9.17, 15) is 17.6 Å². The second-order valence-corrected chi connectivity index (χ2v) is 8.19. The van der Waals surface area contributed by atoms with E-state index in [4.69, 9.17) is 0 Å². The largest absolute Gasteiger partial charge is 0.348 e. The monoisotopic (exact) mass is 342 g/mol. The number of nitrogens with zero attached hydrogens (tertiary/aromatic N) is 1. The average molecular weight is 342 g/mol. The minimum atomic E-state index is -3.17. The van der Waals surface area contributed by atoms with Crippen molar-refractivity contribution in [2.24, 2.45) is 0 Å². The van der Waals surface area contributed by atoms with E-state index in [1.165, 1.54) is 12.3 Å². The lowest BCUT2D eigenvalue weighted by atomic mass is 10.2. The van der Waals surface area contributed by atoms with Gasteiger partial charge in [-0.3, -0.25) is 4.79 Å². The van der Waals surface area contributed by atoms with Crippen LogP contribution in [0.5, 0.6) is 0 Å². The summed E-state index contributed by atoms with van der Waals surface area (Å²) in [6.45, 7) is 1.61. The SMILES string of the molecule is C[C@@H](CS(C)(=O)=O)NC(=O)c1cnc(-c2ccccc2F)s1. The fourth-order valence-corrected chi connectivity index (χ4v) is 3.77. The molecule has 1 heterocycles. The van der Waals surface area contributed by atoms with E-state index >= 15 is 0 Å². The van der Waals surface area contributed by atoms with Gasteiger partial charge < -0.3 is 5.32 Å². The summed E-state index contributed by atoms with van der Waals surface area (Å²) in [4.78, 5) is 16.4.